The Labute approximate surface area is 156 Å². The van der Waals surface area contributed by atoms with Crippen molar-refractivity contribution in [2.45, 2.75) is 32.5 Å². The van der Waals surface area contributed by atoms with Crippen molar-refractivity contribution in [1.82, 2.24) is 5.32 Å². The SMILES string of the molecule is CCC(CO)NCc1cc(OC)c(OCc2ccc(F)cc2)cc1Br. The van der Waals surface area contributed by atoms with Crippen molar-refractivity contribution in [2.75, 3.05) is 13.7 Å². The van der Waals surface area contributed by atoms with Gasteiger partial charge in [-0.15, -0.1) is 0 Å². The van der Waals surface area contributed by atoms with Crippen LogP contribution in [0.15, 0.2) is 40.9 Å². The molecule has 25 heavy (non-hydrogen) atoms. The van der Waals surface area contributed by atoms with Gasteiger partial charge < -0.3 is 19.9 Å². The van der Waals surface area contributed by atoms with Crippen molar-refractivity contribution in [3.63, 3.8) is 0 Å². The molecule has 0 fully saturated rings. The summed E-state index contributed by atoms with van der Waals surface area (Å²) >= 11 is 3.55. The van der Waals surface area contributed by atoms with E-state index in [1.165, 1.54) is 12.1 Å². The number of hydrogen-bond acceptors (Lipinski definition) is 4. The van der Waals surface area contributed by atoms with Gasteiger partial charge in [-0.25, -0.2) is 4.39 Å². The molecule has 2 aromatic rings. The lowest BCUT2D eigenvalue weighted by atomic mass is 10.1. The Hall–Kier alpha value is -1.63. The van der Waals surface area contributed by atoms with E-state index in [0.717, 1.165) is 22.0 Å². The number of benzene rings is 2. The number of methoxy groups -OCH3 is 1. The van der Waals surface area contributed by atoms with Crippen molar-refractivity contribution >= 4 is 15.9 Å². The quantitative estimate of drug-likeness (QED) is 0.653. The fourth-order valence-corrected chi connectivity index (χ4v) is 2.78. The maximum Gasteiger partial charge on any atom is 0.162 e. The van der Waals surface area contributed by atoms with Gasteiger partial charge in [0.05, 0.1) is 13.7 Å². The molecular formula is C19H23BrFNO3. The number of hydrogen-bond donors (Lipinski definition) is 2. The molecule has 6 heteroatoms. The number of aliphatic hydroxyl groups excluding tert-OH is 1. The molecule has 0 saturated carbocycles. The Morgan fingerprint density at radius 1 is 1.20 bits per heavy atom. The fraction of sp³-hybridized carbons (Fsp3) is 0.368. The molecular weight excluding hydrogens is 389 g/mol. The minimum Gasteiger partial charge on any atom is -0.493 e. The molecule has 0 bridgehead atoms. The normalized spacial score (nSPS) is 12.0. The third kappa shape index (κ3) is 5.70. The molecule has 0 heterocycles. The maximum atomic E-state index is 13.0. The lowest BCUT2D eigenvalue weighted by Crippen LogP contribution is -2.31. The minimum absolute atomic E-state index is 0.0623. The van der Waals surface area contributed by atoms with Gasteiger partial charge in [0.1, 0.15) is 12.4 Å². The summed E-state index contributed by atoms with van der Waals surface area (Å²) in [5.74, 6) is 0.963. The molecule has 0 saturated heterocycles. The Balaban J connectivity index is 2.08. The Kier molecular flexibility index (Phi) is 7.68. The van der Waals surface area contributed by atoms with E-state index in [1.807, 2.05) is 19.1 Å². The van der Waals surface area contributed by atoms with Crippen LogP contribution in [-0.4, -0.2) is 24.9 Å². The van der Waals surface area contributed by atoms with E-state index in [1.54, 1.807) is 19.2 Å². The summed E-state index contributed by atoms with van der Waals surface area (Å²) in [5.41, 5.74) is 1.89. The summed E-state index contributed by atoms with van der Waals surface area (Å²) in [7, 11) is 1.59. The summed E-state index contributed by atoms with van der Waals surface area (Å²) < 4.78 is 25.1. The van der Waals surface area contributed by atoms with Crippen molar-refractivity contribution in [3.8, 4) is 11.5 Å². The van der Waals surface area contributed by atoms with E-state index in [0.29, 0.717) is 24.7 Å². The van der Waals surface area contributed by atoms with Gasteiger partial charge >= 0.3 is 0 Å². The Morgan fingerprint density at radius 3 is 2.52 bits per heavy atom. The molecule has 0 aliphatic carbocycles. The number of ether oxygens (including phenoxy) is 2. The first kappa shape index (κ1) is 19.7. The second-order valence-corrected chi connectivity index (χ2v) is 6.53. The van der Waals surface area contributed by atoms with Gasteiger partial charge in [-0.1, -0.05) is 35.0 Å². The monoisotopic (exact) mass is 411 g/mol. The maximum absolute atomic E-state index is 13.0. The van der Waals surface area contributed by atoms with Crippen LogP contribution in [0.25, 0.3) is 0 Å². The summed E-state index contributed by atoms with van der Waals surface area (Å²) in [6.45, 7) is 3.05. The third-order valence-electron chi connectivity index (χ3n) is 3.93. The van der Waals surface area contributed by atoms with Gasteiger partial charge in [-0.3, -0.25) is 0 Å². The first-order valence-corrected chi connectivity index (χ1v) is 8.94. The third-order valence-corrected chi connectivity index (χ3v) is 4.67. The molecule has 2 rings (SSSR count). The zero-order valence-corrected chi connectivity index (χ0v) is 16.0. The van der Waals surface area contributed by atoms with E-state index >= 15 is 0 Å². The molecule has 0 radical (unpaired) electrons. The predicted octanol–water partition coefficient (Wildman–Crippen LogP) is 4.04. The molecule has 0 aliphatic heterocycles. The van der Waals surface area contributed by atoms with Crippen LogP contribution < -0.4 is 14.8 Å². The first-order chi connectivity index (χ1) is 12.1. The second kappa shape index (κ2) is 9.75. The van der Waals surface area contributed by atoms with Crippen LogP contribution >= 0.6 is 15.9 Å². The molecule has 0 amide bonds. The van der Waals surface area contributed by atoms with Crippen molar-refractivity contribution < 1.29 is 19.0 Å². The van der Waals surface area contributed by atoms with Gasteiger partial charge in [0.15, 0.2) is 11.5 Å². The summed E-state index contributed by atoms with van der Waals surface area (Å²) in [6.07, 6.45) is 0.851. The highest BCUT2D eigenvalue weighted by atomic mass is 79.9. The smallest absolute Gasteiger partial charge is 0.162 e. The highest BCUT2D eigenvalue weighted by Crippen LogP contribution is 2.34. The van der Waals surface area contributed by atoms with Crippen LogP contribution in [0.2, 0.25) is 0 Å². The first-order valence-electron chi connectivity index (χ1n) is 8.15. The minimum atomic E-state index is -0.269. The average Bonchev–Trinajstić information content (AvgIpc) is 2.63. The summed E-state index contributed by atoms with van der Waals surface area (Å²) in [4.78, 5) is 0. The molecule has 1 unspecified atom stereocenters. The molecule has 2 aromatic carbocycles. The number of aliphatic hydroxyl groups is 1. The van der Waals surface area contributed by atoms with Crippen LogP contribution in [0, 0.1) is 5.82 Å². The predicted molar refractivity (Wildman–Crippen MR) is 99.4 cm³/mol. The van der Waals surface area contributed by atoms with E-state index in [9.17, 15) is 9.50 Å². The topological polar surface area (TPSA) is 50.7 Å². The van der Waals surface area contributed by atoms with Crippen molar-refractivity contribution in [2.24, 2.45) is 0 Å². The Bertz CT molecular complexity index is 675. The highest BCUT2D eigenvalue weighted by Gasteiger charge is 2.12. The van der Waals surface area contributed by atoms with E-state index < -0.39 is 0 Å². The lowest BCUT2D eigenvalue weighted by molar-refractivity contribution is 0.238. The van der Waals surface area contributed by atoms with Gasteiger partial charge in [0.25, 0.3) is 0 Å². The lowest BCUT2D eigenvalue weighted by Gasteiger charge is -2.17. The number of nitrogens with one attached hydrogen (secondary N) is 1. The van der Waals surface area contributed by atoms with Crippen molar-refractivity contribution in [1.29, 1.82) is 0 Å². The average molecular weight is 412 g/mol. The molecule has 0 aromatic heterocycles. The van der Waals surface area contributed by atoms with Gasteiger partial charge in [0.2, 0.25) is 0 Å². The van der Waals surface area contributed by atoms with E-state index in [-0.39, 0.29) is 18.5 Å². The number of rotatable bonds is 9. The summed E-state index contributed by atoms with van der Waals surface area (Å²) in [5, 5.41) is 12.6. The second-order valence-electron chi connectivity index (χ2n) is 5.68. The van der Waals surface area contributed by atoms with Gasteiger partial charge in [-0.05, 0) is 41.8 Å². The van der Waals surface area contributed by atoms with Crippen LogP contribution in [0.5, 0.6) is 11.5 Å². The van der Waals surface area contributed by atoms with E-state index in [2.05, 4.69) is 21.2 Å². The van der Waals surface area contributed by atoms with E-state index in [4.69, 9.17) is 9.47 Å². The molecule has 2 N–H and O–H groups in total. The fourth-order valence-electron chi connectivity index (χ4n) is 2.32. The molecule has 0 spiro atoms. The van der Waals surface area contributed by atoms with Crippen LogP contribution in [0.1, 0.15) is 24.5 Å². The van der Waals surface area contributed by atoms with Crippen LogP contribution in [0.3, 0.4) is 0 Å². The zero-order chi connectivity index (χ0) is 18.2. The largest absolute Gasteiger partial charge is 0.493 e. The van der Waals surface area contributed by atoms with Crippen molar-refractivity contribution in [3.05, 3.63) is 57.8 Å². The molecule has 4 nitrogen and oxygen atoms in total. The molecule has 136 valence electrons. The van der Waals surface area contributed by atoms with Crippen LogP contribution in [-0.2, 0) is 13.2 Å². The molecule has 0 aliphatic rings. The highest BCUT2D eigenvalue weighted by molar-refractivity contribution is 9.10. The summed E-state index contributed by atoms with van der Waals surface area (Å²) in [6, 6.07) is 10.0. The standard InChI is InChI=1S/C19H23BrFNO3/c1-3-16(11-23)22-10-14-8-18(24-2)19(9-17(14)20)25-12-13-4-6-15(21)7-5-13/h4-9,16,22-23H,3,10-12H2,1-2H3. The van der Waals surface area contributed by atoms with Crippen LogP contribution in [0.4, 0.5) is 4.39 Å². The van der Waals surface area contributed by atoms with Gasteiger partial charge in [-0.2, -0.15) is 0 Å². The molecule has 1 atom stereocenters. The Morgan fingerprint density at radius 2 is 1.92 bits per heavy atom. The zero-order valence-electron chi connectivity index (χ0n) is 14.4. The van der Waals surface area contributed by atoms with Gasteiger partial charge in [0, 0.05) is 17.1 Å². The number of halogens is 2.